The molecule has 0 atom stereocenters. The first-order valence-corrected chi connectivity index (χ1v) is 12.4. The minimum atomic E-state index is -3.09. The topological polar surface area (TPSA) is 3.88 Å². The Morgan fingerprint density at radius 2 is 1.77 bits per heavy atom. The van der Waals surface area contributed by atoms with Crippen LogP contribution in [0.4, 0.5) is 4.39 Å². The van der Waals surface area contributed by atoms with Crippen molar-refractivity contribution in [1.29, 1.82) is 0 Å². The van der Waals surface area contributed by atoms with Crippen molar-refractivity contribution >= 4 is 13.3 Å². The summed E-state index contributed by atoms with van der Waals surface area (Å²) in [6, 6.07) is 4.73. The molecule has 0 aliphatic heterocycles. The predicted octanol–water partition coefficient (Wildman–Crippen LogP) is 5.59. The molecule has 26 heavy (non-hydrogen) atoms. The zero-order valence-electron chi connectivity index (χ0n) is 24.1. The number of aromatic nitrogens is 1. The van der Waals surface area contributed by atoms with Gasteiger partial charge < -0.3 is 0 Å². The van der Waals surface area contributed by atoms with Gasteiger partial charge >= 0.3 is 0 Å². The monoisotopic (exact) mass is 379 g/mol. The highest BCUT2D eigenvalue weighted by atomic mass is 28.3. The first kappa shape index (κ1) is 12.8. The number of benzene rings is 1. The lowest BCUT2D eigenvalue weighted by Crippen LogP contribution is -2.47. The Kier molecular flexibility index (Phi) is 3.41. The Hall–Kier alpha value is -1.48. The van der Waals surface area contributed by atoms with E-state index in [0.717, 1.165) is 0 Å². The maximum Gasteiger partial charge on any atom is 0.212 e. The number of pyridine rings is 1. The van der Waals surface area contributed by atoms with Crippen molar-refractivity contribution in [3.8, 4) is 11.3 Å². The van der Waals surface area contributed by atoms with E-state index in [1.807, 2.05) is 45.0 Å². The lowest BCUT2D eigenvalue weighted by atomic mass is 9.84. The number of hydrogen-bond acceptors (Lipinski definition) is 0. The van der Waals surface area contributed by atoms with Crippen LogP contribution in [0.2, 0.25) is 19.6 Å². The molecule has 1 aromatic carbocycles. The van der Waals surface area contributed by atoms with Crippen LogP contribution in [-0.2, 0) is 12.5 Å². The average molecular weight is 380 g/mol. The molecule has 0 aliphatic rings. The summed E-state index contributed by atoms with van der Waals surface area (Å²) in [5.74, 6) is -3.13. The summed E-state index contributed by atoms with van der Waals surface area (Å²) in [5.41, 5.74) is 1.88. The summed E-state index contributed by atoms with van der Waals surface area (Å²) < 4.78 is 73.7. The molecule has 2 rings (SSSR count). The van der Waals surface area contributed by atoms with Crippen molar-refractivity contribution < 1.29 is 18.6 Å². The highest BCUT2D eigenvalue weighted by Gasteiger charge is 2.28. The van der Waals surface area contributed by atoms with Crippen molar-refractivity contribution in [3.05, 3.63) is 46.9 Å². The fraction of sp³-hybridized carbons (Fsp3) is 0.522. The van der Waals surface area contributed by atoms with Gasteiger partial charge in [0.15, 0.2) is 6.20 Å². The number of rotatable bonds is 3. The number of hydrogen-bond donors (Lipinski definition) is 0. The SMILES string of the molecule is [2H]C([2H])([2H])C([2H])(c1cc(-c2cc(C(C)(C)C)c(F)cc2C)[n+](C)cc1[Si](C)(C)C)C([2H])([2H])[2H]. The van der Waals surface area contributed by atoms with Crippen molar-refractivity contribution in [3.63, 3.8) is 0 Å². The molecule has 142 valence electrons. The van der Waals surface area contributed by atoms with E-state index in [2.05, 4.69) is 0 Å². The molecule has 0 fully saturated rings. The second-order valence-electron chi connectivity index (χ2n) is 9.12. The highest BCUT2D eigenvalue weighted by Crippen LogP contribution is 2.32. The molecule has 3 heteroatoms. The maximum atomic E-state index is 14.8. The molecule has 0 amide bonds. The summed E-state index contributed by atoms with van der Waals surface area (Å²) in [4.78, 5) is 0. The predicted molar refractivity (Wildman–Crippen MR) is 114 cm³/mol. The number of aryl methyl sites for hydroxylation is 2. The molecular formula is C23H35FNSi+. The summed E-state index contributed by atoms with van der Waals surface area (Å²) in [5, 5.41) is 0.604. The van der Waals surface area contributed by atoms with Gasteiger partial charge in [-0.2, -0.15) is 0 Å². The molecule has 0 unspecified atom stereocenters. The largest absolute Gasteiger partial charge is 0.212 e. The van der Waals surface area contributed by atoms with Gasteiger partial charge in [-0.3, -0.25) is 0 Å². The van der Waals surface area contributed by atoms with Gasteiger partial charge in [0.05, 0.1) is 8.07 Å². The zero-order chi connectivity index (χ0) is 25.9. The zero-order valence-corrected chi connectivity index (χ0v) is 18.1. The van der Waals surface area contributed by atoms with Gasteiger partial charge in [-0.25, -0.2) is 8.96 Å². The lowest BCUT2D eigenvalue weighted by molar-refractivity contribution is -0.659. The molecule has 0 aliphatic carbocycles. The third kappa shape index (κ3) is 4.09. The first-order chi connectivity index (χ1) is 14.5. The van der Waals surface area contributed by atoms with Crippen LogP contribution in [0.3, 0.4) is 0 Å². The van der Waals surface area contributed by atoms with Crippen LogP contribution in [0.5, 0.6) is 0 Å². The van der Waals surface area contributed by atoms with E-state index in [0.29, 0.717) is 27.6 Å². The first-order valence-electron chi connectivity index (χ1n) is 12.4. The second kappa shape index (κ2) is 6.92. The number of halogens is 1. The Morgan fingerprint density at radius 3 is 2.27 bits per heavy atom. The second-order valence-corrected chi connectivity index (χ2v) is 14.2. The third-order valence-electron chi connectivity index (χ3n) is 4.75. The Bertz CT molecular complexity index is 1050. The molecule has 1 aromatic heterocycles. The lowest BCUT2D eigenvalue weighted by Gasteiger charge is -2.23. The van der Waals surface area contributed by atoms with Gasteiger partial charge in [-0.05, 0) is 47.1 Å². The Balaban J connectivity index is 3.06. The molecule has 0 spiro atoms. The van der Waals surface area contributed by atoms with E-state index in [1.54, 1.807) is 26.2 Å². The molecule has 0 saturated carbocycles. The van der Waals surface area contributed by atoms with Gasteiger partial charge in [0.2, 0.25) is 5.69 Å². The minimum Gasteiger partial charge on any atom is -0.207 e. The molecule has 0 radical (unpaired) electrons. The van der Waals surface area contributed by atoms with Crippen molar-refractivity contribution in [1.82, 2.24) is 0 Å². The standard InChI is InChI=1S/C23H35FNSi/c1-15(2)17-13-21(25(7)14-22(17)26(8,9)10)18-12-19(23(4,5)6)20(24)11-16(18)3/h11-15H,1-10H3/q+1/i1D3,2D3,15D. The summed E-state index contributed by atoms with van der Waals surface area (Å²) in [6.07, 6.45) is 1.76. The summed E-state index contributed by atoms with van der Waals surface area (Å²) >= 11 is 0. The van der Waals surface area contributed by atoms with Crippen LogP contribution < -0.4 is 9.75 Å². The highest BCUT2D eigenvalue weighted by molar-refractivity contribution is 6.89. The average Bonchev–Trinajstić information content (AvgIpc) is 2.57. The molecule has 2 aromatic rings. The van der Waals surface area contributed by atoms with E-state index in [9.17, 15) is 4.39 Å². The fourth-order valence-corrected chi connectivity index (χ4v) is 4.83. The van der Waals surface area contributed by atoms with Crippen LogP contribution in [0.15, 0.2) is 24.4 Å². The van der Waals surface area contributed by atoms with Gasteiger partial charge in [-0.15, -0.1) is 0 Å². The van der Waals surface area contributed by atoms with Crippen LogP contribution in [0.25, 0.3) is 11.3 Å². The van der Waals surface area contributed by atoms with Gasteiger partial charge in [0.25, 0.3) is 0 Å². The van der Waals surface area contributed by atoms with Gasteiger partial charge in [-0.1, -0.05) is 54.1 Å². The van der Waals surface area contributed by atoms with E-state index in [-0.39, 0.29) is 11.4 Å². The van der Waals surface area contributed by atoms with Crippen molar-refractivity contribution in [2.24, 2.45) is 7.05 Å². The Morgan fingerprint density at radius 1 is 1.15 bits per heavy atom. The summed E-state index contributed by atoms with van der Waals surface area (Å²) in [6.45, 7) is 7.28. The van der Waals surface area contributed by atoms with E-state index >= 15 is 0 Å². The molecule has 1 nitrogen and oxygen atoms in total. The smallest absolute Gasteiger partial charge is 0.207 e. The van der Waals surface area contributed by atoms with Gasteiger partial charge in [0, 0.05) is 26.4 Å². The van der Waals surface area contributed by atoms with Gasteiger partial charge in [0.1, 0.15) is 12.9 Å². The Labute approximate surface area is 170 Å². The van der Waals surface area contributed by atoms with E-state index in [1.165, 1.54) is 12.1 Å². The molecule has 0 bridgehead atoms. The van der Waals surface area contributed by atoms with Crippen LogP contribution in [-0.4, -0.2) is 8.07 Å². The third-order valence-corrected chi connectivity index (χ3v) is 6.76. The minimum absolute atomic E-state index is 0.00389. The maximum absolute atomic E-state index is 14.8. The molecule has 0 saturated heterocycles. The van der Waals surface area contributed by atoms with E-state index in [4.69, 9.17) is 9.60 Å². The van der Waals surface area contributed by atoms with Crippen LogP contribution >= 0.6 is 0 Å². The van der Waals surface area contributed by atoms with Crippen LogP contribution in [0.1, 0.15) is 66.7 Å². The summed E-state index contributed by atoms with van der Waals surface area (Å²) in [7, 11) is -0.461. The molecular weight excluding hydrogens is 337 g/mol. The molecule has 1 heterocycles. The normalized spacial score (nSPS) is 18.1. The van der Waals surface area contributed by atoms with E-state index < -0.39 is 33.1 Å². The van der Waals surface area contributed by atoms with Crippen molar-refractivity contribution in [2.75, 3.05) is 0 Å². The fourth-order valence-electron chi connectivity index (χ4n) is 3.24. The van der Waals surface area contributed by atoms with Crippen LogP contribution in [0, 0.1) is 12.7 Å². The van der Waals surface area contributed by atoms with Crippen molar-refractivity contribution in [2.45, 2.75) is 72.3 Å². The molecule has 0 N–H and O–H groups in total. The number of nitrogens with zero attached hydrogens (tertiary/aromatic N) is 1. The quantitative estimate of drug-likeness (QED) is 0.483.